The third-order valence-electron chi connectivity index (χ3n) is 27.2. The van der Waals surface area contributed by atoms with E-state index in [1.165, 1.54) is 76.4 Å². The maximum atomic E-state index is 13.4. The molecule has 0 N–H and O–H groups in total. The van der Waals surface area contributed by atoms with Crippen LogP contribution in [0.5, 0.6) is 0 Å². The van der Waals surface area contributed by atoms with Gasteiger partial charge in [-0.25, -0.2) is 36.3 Å². The van der Waals surface area contributed by atoms with Crippen molar-refractivity contribution in [2.24, 2.45) is 21.7 Å². The maximum absolute atomic E-state index is 13.4. The lowest BCUT2D eigenvalue weighted by Gasteiger charge is -2.47. The topological polar surface area (TPSA) is 154 Å². The van der Waals surface area contributed by atoms with Crippen molar-refractivity contribution in [2.45, 2.75) is 165 Å². The molecule has 0 radical (unpaired) electrons. The quantitative estimate of drug-likeness (QED) is 0.133. The van der Waals surface area contributed by atoms with Crippen LogP contribution in [0.4, 0.5) is 17.6 Å². The van der Waals surface area contributed by atoms with Gasteiger partial charge in [0.25, 0.3) is 0 Å². The number of nitrogens with zero attached hydrogens (tertiary/aromatic N) is 8. The van der Waals surface area contributed by atoms with E-state index < -0.39 is 34.4 Å². The number of rotatable bonds is 8. The molecular formula is C93H94F4N8O9. The number of aromatic nitrogens is 8. The minimum Gasteiger partial charge on any atom is -0.382 e. The fourth-order valence-corrected chi connectivity index (χ4v) is 20.7. The summed E-state index contributed by atoms with van der Waals surface area (Å²) >= 11 is 0. The molecule has 0 amide bonds. The molecule has 4 aliphatic heterocycles. The van der Waals surface area contributed by atoms with Gasteiger partial charge in [0.15, 0.2) is 23.1 Å². The van der Waals surface area contributed by atoms with E-state index in [2.05, 4.69) is 111 Å². The first-order valence-corrected chi connectivity index (χ1v) is 40.0. The van der Waals surface area contributed by atoms with Gasteiger partial charge in [-0.2, -0.15) is 20.4 Å². The molecule has 21 heteroatoms. The molecule has 6 aromatic carbocycles. The third-order valence-corrected chi connectivity index (χ3v) is 27.2. The molecule has 10 atom stereocenters. The van der Waals surface area contributed by atoms with E-state index in [1.54, 1.807) is 55.6 Å². The van der Waals surface area contributed by atoms with Crippen molar-refractivity contribution < 1.29 is 60.2 Å². The highest BCUT2D eigenvalue weighted by Gasteiger charge is 2.67. The summed E-state index contributed by atoms with van der Waals surface area (Å²) in [4.78, 5) is 0. The van der Waals surface area contributed by atoms with E-state index in [-0.39, 0.29) is 51.0 Å². The smallest absolute Gasteiger partial charge is 0.179 e. The van der Waals surface area contributed by atoms with Crippen molar-refractivity contribution in [3.05, 3.63) is 284 Å². The van der Waals surface area contributed by atoms with E-state index in [4.69, 9.17) is 42.6 Å². The zero-order chi connectivity index (χ0) is 78.3. The lowest BCUT2D eigenvalue weighted by atomic mass is 9.71. The molecule has 4 saturated heterocycles. The number of benzene rings is 6. The van der Waals surface area contributed by atoms with Crippen LogP contribution in [-0.4, -0.2) is 115 Å². The SMILES string of the molecule is COCC1COC2(CCC3=Cc4c(cnn4-c4ccc(F)cc4)C[C@@]32C)O1.C[C@]1(c2ccccc2)CO[C@@]2(CCC3=Cc4c(cnn4-c4ccc(F)cc4)C[C@@]32C)O1.C[C@]12Cc3cnn(-c4ccc(F)cc4)c3C=C1CCC21OCCCO1.C[C@]12Cc3cnn(-c4ccc(F)cc4)c3C=C1CC[C@@]21OC[C@@](C)(c2ccccc2)O1. The summed E-state index contributed by atoms with van der Waals surface area (Å²) < 4.78 is 118. The highest BCUT2D eigenvalue weighted by atomic mass is 19.1. The van der Waals surface area contributed by atoms with Crippen molar-refractivity contribution in [1.82, 2.24) is 39.1 Å². The van der Waals surface area contributed by atoms with Gasteiger partial charge in [-0.3, -0.25) is 0 Å². The van der Waals surface area contributed by atoms with Crippen molar-refractivity contribution in [1.29, 1.82) is 0 Å². The van der Waals surface area contributed by atoms with Crippen LogP contribution < -0.4 is 0 Å². The van der Waals surface area contributed by atoms with Crippen LogP contribution in [0.3, 0.4) is 0 Å². The molecule has 10 aromatic rings. The predicted octanol–water partition coefficient (Wildman–Crippen LogP) is 18.2. The van der Waals surface area contributed by atoms with Crippen LogP contribution >= 0.6 is 0 Å². The predicted molar refractivity (Wildman–Crippen MR) is 422 cm³/mol. The van der Waals surface area contributed by atoms with Gasteiger partial charge in [-0.15, -0.1) is 0 Å². The van der Waals surface area contributed by atoms with E-state index >= 15 is 0 Å². The van der Waals surface area contributed by atoms with Crippen LogP contribution in [0.15, 0.2) is 205 Å². The number of halogens is 4. The van der Waals surface area contributed by atoms with E-state index in [0.29, 0.717) is 26.4 Å². The Hall–Kier alpha value is -9.52. The van der Waals surface area contributed by atoms with Crippen LogP contribution in [0.1, 0.15) is 155 Å². The van der Waals surface area contributed by atoms with Gasteiger partial charge in [0.05, 0.1) is 110 Å². The summed E-state index contributed by atoms with van der Waals surface area (Å²) in [6.45, 7) is 17.0. The highest BCUT2D eigenvalue weighted by molar-refractivity contribution is 5.66. The Labute approximate surface area is 661 Å². The number of hydrogen-bond donors (Lipinski definition) is 0. The fourth-order valence-electron chi connectivity index (χ4n) is 20.7. The van der Waals surface area contributed by atoms with Crippen molar-refractivity contribution in [3.8, 4) is 22.7 Å². The Morgan fingerprint density at radius 2 is 0.684 bits per heavy atom. The molecule has 4 aromatic heterocycles. The largest absolute Gasteiger partial charge is 0.382 e. The fraction of sp³-hybridized carbons (Fsp3) is 0.398. The Balaban J connectivity index is 0.000000102. The summed E-state index contributed by atoms with van der Waals surface area (Å²) in [5.74, 6) is -3.33. The van der Waals surface area contributed by atoms with E-state index in [9.17, 15) is 17.6 Å². The molecule has 588 valence electrons. The molecule has 4 spiro atoms. The minimum absolute atomic E-state index is 0.0190. The summed E-state index contributed by atoms with van der Waals surface area (Å²) in [5, 5.41) is 18.4. The second-order valence-corrected chi connectivity index (χ2v) is 34.0. The van der Waals surface area contributed by atoms with Gasteiger partial charge in [-0.05, 0) is 226 Å². The first kappa shape index (κ1) is 74.6. The van der Waals surface area contributed by atoms with Gasteiger partial charge < -0.3 is 42.6 Å². The standard InChI is InChI=1S/2C26H25FN2O2.C21H23FN2O3.C20H21FN2O2/c2*1-24-15-18-16-28-29(22-10-8-21(27)9-11-22)23(18)14-20(24)12-13-26(24)30-17-25(2,31-26)19-6-4-3-5-7-19;1-20-10-14-11-23-24(17-5-3-16(22)4-6-17)19(14)9-15(20)7-8-21(20)26-13-18(27-21)12-25-2;1-19-12-14-13-22-23(17-5-3-16(21)4-6-17)18(14)11-15(19)7-8-20(19)24-9-2-10-25-20/h2*3-11,14,16H,12-13,15,17H2,1-2H3;3-6,9,11,18H,7-8,10,12-13H2,1-2H3;3-6,11,13H,2,7-10,12H2,1H3/t24-,25+,26-;24-,25-,26-;18?,20-,21?;19-/m0000/s1. The maximum Gasteiger partial charge on any atom is 0.179 e. The second kappa shape index (κ2) is 27.9. The van der Waals surface area contributed by atoms with Crippen molar-refractivity contribution in [2.75, 3.05) is 46.8 Å². The molecule has 8 fully saturated rings. The van der Waals surface area contributed by atoms with Crippen molar-refractivity contribution >= 4 is 24.3 Å². The Kier molecular flexibility index (Phi) is 18.2. The first-order chi connectivity index (χ1) is 55.0. The van der Waals surface area contributed by atoms with Crippen LogP contribution in [0.2, 0.25) is 0 Å². The number of fused-ring (bicyclic) bond motifs is 12. The zero-order valence-corrected chi connectivity index (χ0v) is 65.4. The zero-order valence-electron chi connectivity index (χ0n) is 65.4. The normalized spacial score (nSPS) is 30.6. The number of methoxy groups -OCH3 is 1. The molecule has 0 bridgehead atoms. The van der Waals surface area contributed by atoms with Crippen LogP contribution in [0, 0.1) is 44.9 Å². The lowest BCUT2D eigenvalue weighted by molar-refractivity contribution is -0.303. The van der Waals surface area contributed by atoms with Crippen molar-refractivity contribution in [3.63, 3.8) is 0 Å². The van der Waals surface area contributed by atoms with Crippen LogP contribution in [-0.2, 0) is 79.5 Å². The van der Waals surface area contributed by atoms with Gasteiger partial charge in [0.2, 0.25) is 0 Å². The lowest BCUT2D eigenvalue weighted by Crippen LogP contribution is -2.52. The molecule has 8 heterocycles. The van der Waals surface area contributed by atoms with E-state index in [0.717, 1.165) is 170 Å². The molecule has 4 saturated carbocycles. The first-order valence-electron chi connectivity index (χ1n) is 40.0. The molecule has 22 rings (SSSR count). The van der Waals surface area contributed by atoms with Gasteiger partial charge in [-0.1, -0.05) is 111 Å². The molecule has 2 unspecified atom stereocenters. The third kappa shape index (κ3) is 12.0. The summed E-state index contributed by atoms with van der Waals surface area (Å²) in [7, 11) is 1.69. The highest BCUT2D eigenvalue weighted by Crippen LogP contribution is 2.65. The van der Waals surface area contributed by atoms with Gasteiger partial charge in [0, 0.05) is 54.5 Å². The molecule has 12 aliphatic rings. The number of ether oxygens (including phenoxy) is 9. The summed E-state index contributed by atoms with van der Waals surface area (Å²) in [6.07, 6.45) is 28.1. The van der Waals surface area contributed by atoms with E-state index in [1.807, 2.05) is 79.9 Å². The summed E-state index contributed by atoms with van der Waals surface area (Å²) in [5.41, 5.74) is 18.3. The molecule has 8 aliphatic carbocycles. The Morgan fingerprint density at radius 1 is 0.377 bits per heavy atom. The number of hydrogen-bond acceptors (Lipinski definition) is 13. The molecular weight excluding hydrogens is 1450 g/mol. The summed E-state index contributed by atoms with van der Waals surface area (Å²) in [6, 6.07) is 46.5. The average molecular weight is 1540 g/mol. The average Bonchev–Trinajstić information content (AvgIpc) is 1.59. The van der Waals surface area contributed by atoms with Crippen LogP contribution in [0.25, 0.3) is 47.1 Å². The minimum atomic E-state index is -0.640. The Bertz CT molecular complexity index is 5270. The van der Waals surface area contributed by atoms with Gasteiger partial charge in [0.1, 0.15) is 40.6 Å². The Morgan fingerprint density at radius 3 is 1.02 bits per heavy atom. The molecule has 114 heavy (non-hydrogen) atoms. The molecule has 17 nitrogen and oxygen atoms in total. The monoisotopic (exact) mass is 1540 g/mol. The van der Waals surface area contributed by atoms with Gasteiger partial charge >= 0.3 is 0 Å². The second-order valence-electron chi connectivity index (χ2n) is 34.0.